The van der Waals surface area contributed by atoms with Gasteiger partial charge in [0.25, 0.3) is 0 Å². The summed E-state index contributed by atoms with van der Waals surface area (Å²) in [4.78, 5) is 11.5. The predicted octanol–water partition coefficient (Wildman–Crippen LogP) is 1.19. The number of amides is 1. The van der Waals surface area contributed by atoms with Crippen LogP contribution >= 0.6 is 7.60 Å². The van der Waals surface area contributed by atoms with Gasteiger partial charge in [-0.3, -0.25) is 18.0 Å². The van der Waals surface area contributed by atoms with Gasteiger partial charge < -0.3 is 0 Å². The van der Waals surface area contributed by atoms with Crippen molar-refractivity contribution in [2.75, 3.05) is 20.3 Å². The molecule has 0 aliphatic rings. The van der Waals surface area contributed by atoms with Crippen LogP contribution in [0.25, 0.3) is 0 Å². The first-order valence-corrected chi connectivity index (χ1v) is 7.50. The lowest BCUT2D eigenvalue weighted by Crippen LogP contribution is -2.31. The van der Waals surface area contributed by atoms with Gasteiger partial charge in [-0.1, -0.05) is 12.2 Å². The Labute approximate surface area is 105 Å². The molecule has 0 spiro atoms. The van der Waals surface area contributed by atoms with Gasteiger partial charge in [0.2, 0.25) is 0 Å². The average molecular weight is 299 g/mol. The first-order chi connectivity index (χ1) is 8.31. The molecule has 18 heavy (non-hydrogen) atoms. The molecule has 0 unspecified atom stereocenters. The first-order valence-electron chi connectivity index (χ1n) is 4.55. The van der Waals surface area contributed by atoms with Crippen LogP contribution in [0.4, 0.5) is 4.79 Å². The molecule has 0 saturated heterocycles. The lowest BCUT2D eigenvalue weighted by molar-refractivity contribution is 0.219. The van der Waals surface area contributed by atoms with E-state index in [1.54, 1.807) is 0 Å². The number of carbonyl (C=O) groups excluding carboxylic acids is 1. The van der Waals surface area contributed by atoms with Gasteiger partial charge in [0.1, 0.15) is 0 Å². The van der Waals surface area contributed by atoms with Crippen molar-refractivity contribution in [2.45, 2.75) is 0 Å². The number of nitrogens with one attached hydrogen (secondary N) is 1. The maximum Gasteiger partial charge on any atom is 0.419 e. The van der Waals surface area contributed by atoms with E-state index in [-0.39, 0.29) is 13.2 Å². The van der Waals surface area contributed by atoms with Crippen LogP contribution in [-0.4, -0.2) is 34.4 Å². The summed E-state index contributed by atoms with van der Waals surface area (Å²) in [5, 5.41) is 0. The molecular weight excluding hydrogens is 285 g/mol. The Hall–Kier alpha value is -0.990. The maximum absolute atomic E-state index is 12.0. The smallest absolute Gasteiger partial charge is 0.298 e. The number of hydrogen-bond acceptors (Lipinski definition) is 7. The first kappa shape index (κ1) is 17.0. The van der Waals surface area contributed by atoms with Crippen molar-refractivity contribution in [3.05, 3.63) is 25.3 Å². The maximum atomic E-state index is 12.0. The van der Waals surface area contributed by atoms with E-state index in [0.29, 0.717) is 0 Å². The Balaban J connectivity index is 4.95. The summed E-state index contributed by atoms with van der Waals surface area (Å²) in [5.74, 6) is 0. The summed E-state index contributed by atoms with van der Waals surface area (Å²) in [5.41, 5.74) is -1.45. The van der Waals surface area contributed by atoms with Crippen molar-refractivity contribution in [3.63, 3.8) is 0 Å². The third-order valence-electron chi connectivity index (χ3n) is 1.41. The summed E-state index contributed by atoms with van der Waals surface area (Å²) in [6.07, 6.45) is 2.45. The lowest BCUT2D eigenvalue weighted by Gasteiger charge is -2.15. The monoisotopic (exact) mass is 299 g/mol. The van der Waals surface area contributed by atoms with Crippen LogP contribution in [0.2, 0.25) is 0 Å². The van der Waals surface area contributed by atoms with Crippen LogP contribution in [0.5, 0.6) is 0 Å². The second kappa shape index (κ2) is 7.45. The summed E-state index contributed by atoms with van der Waals surface area (Å²) >= 11 is 0. The van der Waals surface area contributed by atoms with Crippen LogP contribution in [0.3, 0.4) is 0 Å². The molecule has 0 aliphatic carbocycles. The van der Waals surface area contributed by atoms with E-state index >= 15 is 0 Å². The van der Waals surface area contributed by atoms with E-state index in [2.05, 4.69) is 26.4 Å². The molecule has 1 amide bonds. The largest absolute Gasteiger partial charge is 0.419 e. The van der Waals surface area contributed by atoms with E-state index in [0.717, 1.165) is 7.11 Å². The number of carbonyl (C=O) groups is 1. The molecule has 0 aromatic carbocycles. The Morgan fingerprint density at radius 2 is 1.72 bits per heavy atom. The van der Waals surface area contributed by atoms with Crippen LogP contribution in [0.15, 0.2) is 25.3 Å². The van der Waals surface area contributed by atoms with Gasteiger partial charge >= 0.3 is 23.5 Å². The van der Waals surface area contributed by atoms with E-state index in [1.165, 1.54) is 16.9 Å². The number of hydrogen-bond donors (Lipinski definition) is 1. The summed E-state index contributed by atoms with van der Waals surface area (Å²) in [6, 6.07) is 0. The molecule has 0 aliphatic heterocycles. The second-order valence-corrected chi connectivity index (χ2v) is 6.06. The van der Waals surface area contributed by atoms with Gasteiger partial charge in [0, 0.05) is 0 Å². The molecule has 0 radical (unpaired) electrons. The zero-order valence-electron chi connectivity index (χ0n) is 9.70. The quantitative estimate of drug-likeness (QED) is 0.503. The molecule has 0 fully saturated rings. The Kier molecular flexibility index (Phi) is 7.04. The summed E-state index contributed by atoms with van der Waals surface area (Å²) in [7, 11) is -7.81. The minimum atomic E-state index is -4.34. The molecule has 0 aromatic rings. The highest BCUT2D eigenvalue weighted by Gasteiger charge is 2.37. The predicted molar refractivity (Wildman–Crippen MR) is 64.4 cm³/mol. The zero-order chi connectivity index (χ0) is 14.2. The fourth-order valence-corrected chi connectivity index (χ4v) is 2.65. The Morgan fingerprint density at radius 1 is 1.28 bits per heavy atom. The standard InChI is InChI=1S/C8H14NO7PS/c1-4-6-15-17(11,16-7-5-2)8(10)9-18(12,13)14-3/h4-5H,1-2,6-7H2,3H3,(H,9,10). The third-order valence-corrected chi connectivity index (χ3v) is 4.02. The minimum absolute atomic E-state index is 0.255. The minimum Gasteiger partial charge on any atom is -0.298 e. The molecule has 0 heterocycles. The van der Waals surface area contributed by atoms with Crippen molar-refractivity contribution < 1.29 is 31.0 Å². The molecule has 0 aromatic heterocycles. The molecule has 0 rings (SSSR count). The highest BCUT2D eigenvalue weighted by Crippen LogP contribution is 2.48. The molecule has 1 N–H and O–H groups in total. The van der Waals surface area contributed by atoms with Gasteiger partial charge in [-0.25, -0.2) is 9.29 Å². The van der Waals surface area contributed by atoms with Gasteiger partial charge in [0.15, 0.2) is 0 Å². The van der Waals surface area contributed by atoms with Gasteiger partial charge in [0.05, 0.1) is 20.3 Å². The molecular formula is C8H14NO7PS. The normalized spacial score (nSPS) is 11.8. The Bertz CT molecular complexity index is 442. The molecule has 0 saturated carbocycles. The zero-order valence-corrected chi connectivity index (χ0v) is 11.4. The fraction of sp³-hybridized carbons (Fsp3) is 0.375. The Morgan fingerprint density at radius 3 is 2.06 bits per heavy atom. The van der Waals surface area contributed by atoms with Crippen LogP contribution in [-0.2, 0) is 28.1 Å². The van der Waals surface area contributed by atoms with Crippen molar-refractivity contribution in [2.24, 2.45) is 0 Å². The molecule has 8 nitrogen and oxygen atoms in total. The van der Waals surface area contributed by atoms with E-state index in [1.807, 2.05) is 0 Å². The van der Waals surface area contributed by atoms with Crippen molar-refractivity contribution >= 4 is 23.5 Å². The summed E-state index contributed by atoms with van der Waals surface area (Å²) in [6.45, 7) is 6.09. The highest BCUT2D eigenvalue weighted by atomic mass is 32.2. The average Bonchev–Trinajstić information content (AvgIpc) is 2.33. The van der Waals surface area contributed by atoms with Crippen LogP contribution < -0.4 is 4.72 Å². The van der Waals surface area contributed by atoms with Crippen LogP contribution in [0.1, 0.15) is 0 Å². The van der Waals surface area contributed by atoms with Crippen molar-refractivity contribution in [3.8, 4) is 0 Å². The van der Waals surface area contributed by atoms with E-state index < -0.39 is 23.5 Å². The molecule has 10 heteroatoms. The van der Waals surface area contributed by atoms with Crippen molar-refractivity contribution in [1.82, 2.24) is 4.72 Å². The van der Waals surface area contributed by atoms with E-state index in [9.17, 15) is 17.8 Å². The van der Waals surface area contributed by atoms with Gasteiger partial charge in [-0.2, -0.15) is 8.42 Å². The third kappa shape index (κ3) is 5.56. The second-order valence-electron chi connectivity index (χ2n) is 2.69. The van der Waals surface area contributed by atoms with Crippen molar-refractivity contribution in [1.29, 1.82) is 0 Å². The van der Waals surface area contributed by atoms with Gasteiger partial charge in [-0.15, -0.1) is 13.2 Å². The van der Waals surface area contributed by atoms with Crippen LogP contribution in [0, 0.1) is 0 Å². The van der Waals surface area contributed by atoms with E-state index in [4.69, 9.17) is 0 Å². The molecule has 104 valence electrons. The topological polar surface area (TPSA) is 108 Å². The van der Waals surface area contributed by atoms with Gasteiger partial charge in [-0.05, 0) is 0 Å². The fourth-order valence-electron chi connectivity index (χ4n) is 0.661. The SMILES string of the molecule is C=CCOP(=O)(OCC=C)C(=O)NS(=O)(=O)OC. The number of rotatable bonds is 9. The lowest BCUT2D eigenvalue weighted by atomic mass is 10.7. The highest BCUT2D eigenvalue weighted by molar-refractivity contribution is 7.87. The molecule has 0 atom stereocenters. The molecule has 0 bridgehead atoms. The summed E-state index contributed by atoms with van der Waals surface area (Å²) < 4.78 is 48.6.